The van der Waals surface area contributed by atoms with Crippen LogP contribution in [0.25, 0.3) is 0 Å². The third kappa shape index (κ3) is 4.78. The molecule has 0 spiro atoms. The number of nitrogens with zero attached hydrogens (tertiary/aromatic N) is 4. The van der Waals surface area contributed by atoms with E-state index in [1.54, 1.807) is 6.07 Å². The third-order valence-corrected chi connectivity index (χ3v) is 5.43. The van der Waals surface area contributed by atoms with E-state index in [1.165, 1.54) is 41.3 Å². The van der Waals surface area contributed by atoms with Crippen molar-refractivity contribution in [2.75, 3.05) is 61.0 Å². The SMILES string of the molecule is O=C(CN1CCN(c2ccc([N+](=O)[O-])cc2N2CCOC2=O)CC1)Nc1ccc(F)cc1. The van der Waals surface area contributed by atoms with Crippen molar-refractivity contribution >= 4 is 34.7 Å². The lowest BCUT2D eigenvalue weighted by Gasteiger charge is -2.37. The summed E-state index contributed by atoms with van der Waals surface area (Å²) in [6.45, 7) is 3.11. The smallest absolute Gasteiger partial charge is 0.414 e. The van der Waals surface area contributed by atoms with Gasteiger partial charge in [-0.25, -0.2) is 9.18 Å². The molecule has 2 aromatic rings. The fourth-order valence-corrected chi connectivity index (χ4v) is 3.80. The van der Waals surface area contributed by atoms with Gasteiger partial charge < -0.3 is 15.0 Å². The predicted octanol–water partition coefficient (Wildman–Crippen LogP) is 2.45. The largest absolute Gasteiger partial charge is 0.447 e. The normalized spacial score (nSPS) is 16.7. The van der Waals surface area contributed by atoms with E-state index < -0.39 is 11.0 Å². The molecule has 2 saturated heterocycles. The number of carbonyl (C=O) groups is 2. The van der Waals surface area contributed by atoms with Crippen LogP contribution in [0.2, 0.25) is 0 Å². The summed E-state index contributed by atoms with van der Waals surface area (Å²) in [5, 5.41) is 14.0. The van der Waals surface area contributed by atoms with Gasteiger partial charge >= 0.3 is 6.09 Å². The summed E-state index contributed by atoms with van der Waals surface area (Å²) >= 11 is 0. The molecule has 10 nitrogen and oxygen atoms in total. The Kier molecular flexibility index (Phi) is 6.17. The molecule has 2 heterocycles. The third-order valence-electron chi connectivity index (χ3n) is 5.43. The second kappa shape index (κ2) is 9.18. The lowest BCUT2D eigenvalue weighted by atomic mass is 10.1. The topological polar surface area (TPSA) is 108 Å². The highest BCUT2D eigenvalue weighted by molar-refractivity contribution is 5.94. The van der Waals surface area contributed by atoms with Crippen molar-refractivity contribution in [3.05, 3.63) is 58.4 Å². The Balaban J connectivity index is 1.40. The zero-order valence-corrected chi connectivity index (χ0v) is 17.2. The average Bonchev–Trinajstić information content (AvgIpc) is 3.21. The minimum atomic E-state index is -0.525. The summed E-state index contributed by atoms with van der Waals surface area (Å²) in [6, 6.07) is 10.0. The highest BCUT2D eigenvalue weighted by Gasteiger charge is 2.30. The van der Waals surface area contributed by atoms with Crippen molar-refractivity contribution in [3.8, 4) is 0 Å². The van der Waals surface area contributed by atoms with Gasteiger partial charge in [-0.05, 0) is 30.3 Å². The van der Waals surface area contributed by atoms with Crippen LogP contribution in [0.15, 0.2) is 42.5 Å². The Morgan fingerprint density at radius 1 is 1.06 bits per heavy atom. The van der Waals surface area contributed by atoms with Crippen LogP contribution in [0, 0.1) is 15.9 Å². The van der Waals surface area contributed by atoms with E-state index >= 15 is 0 Å². The molecule has 0 atom stereocenters. The fraction of sp³-hybridized carbons (Fsp3) is 0.333. The number of hydrogen-bond donors (Lipinski definition) is 1. The van der Waals surface area contributed by atoms with Crippen molar-refractivity contribution in [1.29, 1.82) is 0 Å². The van der Waals surface area contributed by atoms with Crippen LogP contribution in [0.1, 0.15) is 0 Å². The maximum atomic E-state index is 13.0. The zero-order valence-electron chi connectivity index (χ0n) is 17.2. The number of halogens is 1. The molecule has 0 bridgehead atoms. The highest BCUT2D eigenvalue weighted by atomic mass is 19.1. The highest BCUT2D eigenvalue weighted by Crippen LogP contribution is 2.35. The van der Waals surface area contributed by atoms with Gasteiger partial charge in [0.1, 0.15) is 12.4 Å². The van der Waals surface area contributed by atoms with Crippen molar-refractivity contribution < 1.29 is 23.6 Å². The maximum Gasteiger partial charge on any atom is 0.414 e. The standard InChI is InChI=1S/C21H22FN5O5/c22-15-1-3-16(4-2-15)23-20(28)14-24-7-9-25(10-8-24)18-6-5-17(27(30)31)13-19(18)26-11-12-32-21(26)29/h1-6,13H,7-12,14H2,(H,23,28). The number of nitro groups is 1. The van der Waals surface area contributed by atoms with Crippen molar-refractivity contribution in [1.82, 2.24) is 4.90 Å². The van der Waals surface area contributed by atoms with E-state index in [0.29, 0.717) is 49.8 Å². The van der Waals surface area contributed by atoms with Crippen LogP contribution in [0.3, 0.4) is 0 Å². The van der Waals surface area contributed by atoms with Crippen molar-refractivity contribution in [2.45, 2.75) is 0 Å². The molecule has 168 valence electrons. The number of non-ortho nitro benzene ring substituents is 1. The summed E-state index contributed by atoms with van der Waals surface area (Å²) < 4.78 is 18.0. The summed E-state index contributed by atoms with van der Waals surface area (Å²) in [5.41, 5.74) is 1.59. The minimum Gasteiger partial charge on any atom is -0.447 e. The molecule has 0 aromatic heterocycles. The van der Waals surface area contributed by atoms with E-state index in [0.717, 1.165) is 0 Å². The number of piperazine rings is 1. The molecule has 2 aliphatic heterocycles. The Bertz CT molecular complexity index is 1020. The Labute approximate surface area is 183 Å². The van der Waals surface area contributed by atoms with Crippen LogP contribution in [0.5, 0.6) is 0 Å². The van der Waals surface area contributed by atoms with Gasteiger partial charge in [-0.1, -0.05) is 0 Å². The lowest BCUT2D eigenvalue weighted by Crippen LogP contribution is -2.49. The summed E-state index contributed by atoms with van der Waals surface area (Å²) in [7, 11) is 0. The van der Waals surface area contributed by atoms with E-state index in [9.17, 15) is 24.1 Å². The summed E-state index contributed by atoms with van der Waals surface area (Å²) in [6.07, 6.45) is -0.525. The van der Waals surface area contributed by atoms with Gasteiger partial charge in [-0.3, -0.25) is 24.7 Å². The van der Waals surface area contributed by atoms with E-state index in [1.807, 2.05) is 9.80 Å². The first-order chi connectivity index (χ1) is 15.4. The number of hydrogen-bond acceptors (Lipinski definition) is 7. The quantitative estimate of drug-likeness (QED) is 0.540. The molecule has 2 aromatic carbocycles. The molecule has 2 amide bonds. The molecule has 2 fully saturated rings. The molecule has 2 aliphatic rings. The van der Waals surface area contributed by atoms with E-state index in [-0.39, 0.29) is 30.6 Å². The van der Waals surface area contributed by atoms with Gasteiger partial charge in [0, 0.05) is 44.0 Å². The number of ether oxygens (including phenoxy) is 1. The zero-order chi connectivity index (χ0) is 22.7. The molecular formula is C21H22FN5O5. The van der Waals surface area contributed by atoms with Gasteiger partial charge in [0.2, 0.25) is 5.91 Å². The average molecular weight is 443 g/mol. The Morgan fingerprint density at radius 2 is 1.78 bits per heavy atom. The van der Waals surface area contributed by atoms with Crippen LogP contribution in [0.4, 0.5) is 31.9 Å². The van der Waals surface area contributed by atoms with Crippen molar-refractivity contribution in [2.24, 2.45) is 0 Å². The number of amides is 2. The second-order valence-electron chi connectivity index (χ2n) is 7.51. The summed E-state index contributed by atoms with van der Waals surface area (Å²) in [5.74, 6) is -0.562. The van der Waals surface area contributed by atoms with Gasteiger partial charge in [0.15, 0.2) is 0 Å². The second-order valence-corrected chi connectivity index (χ2v) is 7.51. The number of nitrogens with one attached hydrogen (secondary N) is 1. The number of carbonyl (C=O) groups excluding carboxylic acids is 2. The van der Waals surface area contributed by atoms with Crippen LogP contribution in [-0.2, 0) is 9.53 Å². The van der Waals surface area contributed by atoms with Crippen molar-refractivity contribution in [3.63, 3.8) is 0 Å². The summed E-state index contributed by atoms with van der Waals surface area (Å²) in [4.78, 5) is 40.5. The number of benzene rings is 2. The molecule has 1 N–H and O–H groups in total. The number of anilines is 3. The predicted molar refractivity (Wildman–Crippen MR) is 115 cm³/mol. The first kappa shape index (κ1) is 21.5. The molecule has 0 unspecified atom stereocenters. The fourth-order valence-electron chi connectivity index (χ4n) is 3.80. The lowest BCUT2D eigenvalue weighted by molar-refractivity contribution is -0.384. The van der Waals surface area contributed by atoms with Gasteiger partial charge in [0.05, 0.1) is 29.4 Å². The van der Waals surface area contributed by atoms with E-state index in [4.69, 9.17) is 4.74 Å². The molecule has 0 radical (unpaired) electrons. The minimum absolute atomic E-state index is 0.0976. The van der Waals surface area contributed by atoms with Gasteiger partial charge in [0.25, 0.3) is 5.69 Å². The first-order valence-electron chi connectivity index (χ1n) is 10.2. The molecule has 0 saturated carbocycles. The molecular weight excluding hydrogens is 421 g/mol. The first-order valence-corrected chi connectivity index (χ1v) is 10.2. The number of nitro benzene ring substituents is 1. The maximum absolute atomic E-state index is 13.0. The molecule has 11 heteroatoms. The number of rotatable bonds is 6. The molecule has 4 rings (SSSR count). The van der Waals surface area contributed by atoms with Crippen LogP contribution < -0.4 is 15.1 Å². The van der Waals surface area contributed by atoms with Gasteiger partial charge in [-0.2, -0.15) is 0 Å². The van der Waals surface area contributed by atoms with Crippen LogP contribution in [-0.4, -0.2) is 67.7 Å². The molecule has 0 aliphatic carbocycles. The number of cyclic esters (lactones) is 1. The monoisotopic (exact) mass is 443 g/mol. The Morgan fingerprint density at radius 3 is 2.41 bits per heavy atom. The molecule has 32 heavy (non-hydrogen) atoms. The Hall–Kier alpha value is -3.73. The van der Waals surface area contributed by atoms with E-state index in [2.05, 4.69) is 5.32 Å². The van der Waals surface area contributed by atoms with Gasteiger partial charge in [-0.15, -0.1) is 0 Å². The van der Waals surface area contributed by atoms with Crippen LogP contribution >= 0.6 is 0 Å².